The van der Waals surface area contributed by atoms with Crippen LogP contribution in [0.4, 0.5) is 0 Å². The molecule has 1 spiro atoms. The van der Waals surface area contributed by atoms with Crippen molar-refractivity contribution in [3.05, 3.63) is 0 Å². The number of hydrogen-bond acceptors (Lipinski definition) is 3. The normalized spacial score (nSPS) is 28.4. The summed E-state index contributed by atoms with van der Waals surface area (Å²) < 4.78 is 0. The van der Waals surface area contributed by atoms with E-state index >= 15 is 0 Å². The molecule has 0 aromatic heterocycles. The van der Waals surface area contributed by atoms with Gasteiger partial charge in [0.15, 0.2) is 0 Å². The molecule has 2 aliphatic rings. The van der Waals surface area contributed by atoms with Crippen molar-refractivity contribution in [3.8, 4) is 0 Å². The van der Waals surface area contributed by atoms with E-state index in [-0.39, 0.29) is 0 Å². The van der Waals surface area contributed by atoms with Crippen molar-refractivity contribution in [2.45, 2.75) is 77.4 Å². The first-order valence-electron chi connectivity index (χ1n) is 8.66. The molecule has 1 saturated heterocycles. The van der Waals surface area contributed by atoms with E-state index in [0.717, 1.165) is 18.0 Å². The summed E-state index contributed by atoms with van der Waals surface area (Å²) in [6.07, 6.45) is 6.98. The number of thioether (sulfide) groups is 1. The molecule has 1 saturated carbocycles. The Kier molecular flexibility index (Phi) is 6.25. The first-order valence-corrected chi connectivity index (χ1v) is 9.82. The minimum atomic E-state index is 0.456. The van der Waals surface area contributed by atoms with E-state index in [1.54, 1.807) is 0 Å². The molecular formula is C17H34N2S. The Morgan fingerprint density at radius 3 is 2.55 bits per heavy atom. The van der Waals surface area contributed by atoms with Gasteiger partial charge in [0.25, 0.3) is 0 Å². The van der Waals surface area contributed by atoms with E-state index in [1.165, 1.54) is 56.7 Å². The molecule has 2 unspecified atom stereocenters. The van der Waals surface area contributed by atoms with Crippen LogP contribution in [0.15, 0.2) is 0 Å². The van der Waals surface area contributed by atoms with E-state index in [1.807, 2.05) is 0 Å². The molecule has 20 heavy (non-hydrogen) atoms. The highest BCUT2D eigenvalue weighted by Crippen LogP contribution is 2.35. The molecule has 1 heterocycles. The predicted octanol–water partition coefficient (Wildman–Crippen LogP) is 3.76. The minimum absolute atomic E-state index is 0.456. The van der Waals surface area contributed by atoms with Gasteiger partial charge in [-0.3, -0.25) is 4.90 Å². The summed E-state index contributed by atoms with van der Waals surface area (Å²) in [5.74, 6) is 3.33. The topological polar surface area (TPSA) is 15.3 Å². The number of nitrogens with zero attached hydrogens (tertiary/aromatic N) is 1. The maximum Gasteiger partial charge on any atom is 0.0309 e. The van der Waals surface area contributed by atoms with Crippen LogP contribution in [0.25, 0.3) is 0 Å². The molecule has 1 aliphatic carbocycles. The van der Waals surface area contributed by atoms with Crippen LogP contribution in [-0.2, 0) is 0 Å². The van der Waals surface area contributed by atoms with E-state index in [0.29, 0.717) is 5.54 Å². The average Bonchev–Trinajstić information content (AvgIpc) is 2.86. The maximum absolute atomic E-state index is 3.93. The molecule has 0 bridgehead atoms. The molecule has 1 N–H and O–H groups in total. The fourth-order valence-electron chi connectivity index (χ4n) is 4.01. The Hall–Kier alpha value is 0.270. The Morgan fingerprint density at radius 2 is 1.95 bits per heavy atom. The lowest BCUT2D eigenvalue weighted by molar-refractivity contribution is 0.0266. The summed E-state index contributed by atoms with van der Waals surface area (Å²) in [5.41, 5.74) is 0.456. The van der Waals surface area contributed by atoms with Crippen LogP contribution in [-0.4, -0.2) is 47.1 Å². The van der Waals surface area contributed by atoms with Crippen molar-refractivity contribution in [1.29, 1.82) is 0 Å². The largest absolute Gasteiger partial charge is 0.308 e. The molecule has 0 aromatic carbocycles. The van der Waals surface area contributed by atoms with Crippen LogP contribution >= 0.6 is 11.8 Å². The van der Waals surface area contributed by atoms with E-state index in [4.69, 9.17) is 0 Å². The van der Waals surface area contributed by atoms with Gasteiger partial charge in [0, 0.05) is 30.7 Å². The van der Waals surface area contributed by atoms with Crippen LogP contribution in [0.2, 0.25) is 0 Å². The molecule has 0 aromatic rings. The Morgan fingerprint density at radius 1 is 1.25 bits per heavy atom. The smallest absolute Gasteiger partial charge is 0.0309 e. The Labute approximate surface area is 130 Å². The third-order valence-electron chi connectivity index (χ3n) is 5.38. The summed E-state index contributed by atoms with van der Waals surface area (Å²) in [4.78, 5) is 2.85. The second-order valence-electron chi connectivity index (χ2n) is 7.19. The van der Waals surface area contributed by atoms with Gasteiger partial charge in [0.1, 0.15) is 0 Å². The average molecular weight is 299 g/mol. The van der Waals surface area contributed by atoms with Crippen molar-refractivity contribution in [2.24, 2.45) is 5.92 Å². The zero-order chi connectivity index (χ0) is 14.6. The van der Waals surface area contributed by atoms with Gasteiger partial charge in [-0.05, 0) is 43.6 Å². The fraction of sp³-hybridized carbons (Fsp3) is 1.00. The first kappa shape index (κ1) is 16.6. The van der Waals surface area contributed by atoms with Crippen LogP contribution in [0.1, 0.15) is 59.8 Å². The Bertz CT molecular complexity index is 287. The van der Waals surface area contributed by atoms with Crippen LogP contribution in [0.5, 0.6) is 0 Å². The van der Waals surface area contributed by atoms with Crippen molar-refractivity contribution in [3.63, 3.8) is 0 Å². The van der Waals surface area contributed by atoms with Crippen molar-refractivity contribution in [1.82, 2.24) is 10.2 Å². The highest BCUT2D eigenvalue weighted by atomic mass is 32.2. The molecule has 2 atom stereocenters. The highest BCUT2D eigenvalue weighted by Gasteiger charge is 2.42. The molecule has 118 valence electrons. The molecule has 0 amide bonds. The van der Waals surface area contributed by atoms with Gasteiger partial charge in [0.2, 0.25) is 0 Å². The molecule has 2 rings (SSSR count). The molecule has 1 aliphatic heterocycles. The van der Waals surface area contributed by atoms with Crippen molar-refractivity contribution >= 4 is 11.8 Å². The number of hydrogen-bond donors (Lipinski definition) is 1. The summed E-state index contributed by atoms with van der Waals surface area (Å²) >= 11 is 2.09. The second-order valence-corrected chi connectivity index (χ2v) is 8.58. The zero-order valence-corrected chi connectivity index (χ0v) is 14.8. The number of rotatable bonds is 6. The monoisotopic (exact) mass is 298 g/mol. The second kappa shape index (κ2) is 7.51. The van der Waals surface area contributed by atoms with E-state index in [9.17, 15) is 0 Å². The van der Waals surface area contributed by atoms with Crippen molar-refractivity contribution < 1.29 is 0 Å². The van der Waals surface area contributed by atoms with Gasteiger partial charge in [-0.15, -0.1) is 0 Å². The van der Waals surface area contributed by atoms with Gasteiger partial charge in [0.05, 0.1) is 0 Å². The van der Waals surface area contributed by atoms with Crippen LogP contribution in [0.3, 0.4) is 0 Å². The van der Waals surface area contributed by atoms with Crippen LogP contribution < -0.4 is 5.32 Å². The SMILES string of the molecule is CCSCCC(C)N1CC2(CCCC2)NCC1C(C)C. The quantitative estimate of drug-likeness (QED) is 0.752. The van der Waals surface area contributed by atoms with Crippen LogP contribution in [0, 0.1) is 5.92 Å². The predicted molar refractivity (Wildman–Crippen MR) is 91.6 cm³/mol. The molecule has 2 fully saturated rings. The molecule has 0 radical (unpaired) electrons. The summed E-state index contributed by atoms with van der Waals surface area (Å²) in [5, 5.41) is 3.93. The number of nitrogens with one attached hydrogen (secondary N) is 1. The summed E-state index contributed by atoms with van der Waals surface area (Å²) in [6, 6.07) is 1.46. The molecule has 2 nitrogen and oxygen atoms in total. The van der Waals surface area contributed by atoms with Gasteiger partial charge in [-0.2, -0.15) is 11.8 Å². The lowest BCUT2D eigenvalue weighted by atomic mass is 9.87. The maximum atomic E-state index is 3.93. The van der Waals surface area contributed by atoms with Gasteiger partial charge < -0.3 is 5.32 Å². The number of piperazine rings is 1. The molecule has 3 heteroatoms. The van der Waals surface area contributed by atoms with Gasteiger partial charge in [-0.1, -0.05) is 33.6 Å². The third-order valence-corrected chi connectivity index (χ3v) is 6.31. The Balaban J connectivity index is 1.98. The standard InChI is InChI=1S/C17H34N2S/c1-5-20-11-8-15(4)19-13-17(9-6-7-10-17)18-12-16(19)14(2)3/h14-16,18H,5-13H2,1-4H3. The van der Waals surface area contributed by atoms with E-state index in [2.05, 4.69) is 49.7 Å². The first-order chi connectivity index (χ1) is 9.58. The van der Waals surface area contributed by atoms with Gasteiger partial charge in [-0.25, -0.2) is 0 Å². The lowest BCUT2D eigenvalue weighted by Crippen LogP contribution is -2.66. The van der Waals surface area contributed by atoms with Crippen molar-refractivity contribution in [2.75, 3.05) is 24.6 Å². The summed E-state index contributed by atoms with van der Waals surface area (Å²) in [7, 11) is 0. The van der Waals surface area contributed by atoms with Gasteiger partial charge >= 0.3 is 0 Å². The fourth-order valence-corrected chi connectivity index (χ4v) is 4.81. The highest BCUT2D eigenvalue weighted by molar-refractivity contribution is 7.99. The summed E-state index contributed by atoms with van der Waals surface area (Å²) in [6.45, 7) is 12.0. The van der Waals surface area contributed by atoms with E-state index < -0.39 is 0 Å². The lowest BCUT2D eigenvalue weighted by Gasteiger charge is -2.50. The molecular weight excluding hydrogens is 264 g/mol. The minimum Gasteiger partial charge on any atom is -0.308 e. The third kappa shape index (κ3) is 3.92. The zero-order valence-electron chi connectivity index (χ0n) is 14.0.